The van der Waals surface area contributed by atoms with Crippen LogP contribution in [0.3, 0.4) is 0 Å². The fraction of sp³-hybridized carbons (Fsp3) is 0.0714. The number of sulfonamides is 1. The molecule has 21 heavy (non-hydrogen) atoms. The predicted molar refractivity (Wildman–Crippen MR) is 81.0 cm³/mol. The Hall–Kier alpha value is -2.07. The molecular formula is C14H12ClN3O2S. The summed E-state index contributed by atoms with van der Waals surface area (Å²) in [6.45, 7) is 0.0593. The van der Waals surface area contributed by atoms with Crippen LogP contribution in [0.5, 0.6) is 0 Å². The van der Waals surface area contributed by atoms with Gasteiger partial charge in [-0.15, -0.1) is 0 Å². The molecule has 0 bridgehead atoms. The van der Waals surface area contributed by atoms with Crippen molar-refractivity contribution >= 4 is 27.3 Å². The summed E-state index contributed by atoms with van der Waals surface area (Å²) in [5, 5.41) is 9.10. The van der Waals surface area contributed by atoms with E-state index in [4.69, 9.17) is 22.6 Å². The lowest BCUT2D eigenvalue weighted by Gasteiger charge is -2.09. The number of halogens is 1. The molecule has 5 nitrogen and oxygen atoms in total. The van der Waals surface area contributed by atoms with Crippen LogP contribution in [-0.4, -0.2) is 8.42 Å². The molecule has 0 saturated carbocycles. The van der Waals surface area contributed by atoms with E-state index in [0.717, 1.165) is 0 Å². The van der Waals surface area contributed by atoms with Gasteiger partial charge in [-0.3, -0.25) is 0 Å². The molecule has 0 aliphatic rings. The first-order chi connectivity index (χ1) is 9.92. The second-order valence-corrected chi connectivity index (χ2v) is 6.49. The summed E-state index contributed by atoms with van der Waals surface area (Å²) in [6.07, 6.45) is 0. The highest BCUT2D eigenvalue weighted by Crippen LogP contribution is 2.22. The third kappa shape index (κ3) is 3.73. The van der Waals surface area contributed by atoms with E-state index in [2.05, 4.69) is 4.72 Å². The topological polar surface area (TPSA) is 96.0 Å². The van der Waals surface area contributed by atoms with Crippen molar-refractivity contribution in [2.24, 2.45) is 0 Å². The van der Waals surface area contributed by atoms with Crippen LogP contribution < -0.4 is 10.5 Å². The Morgan fingerprint density at radius 3 is 2.71 bits per heavy atom. The van der Waals surface area contributed by atoms with E-state index in [1.807, 2.05) is 6.07 Å². The maximum atomic E-state index is 12.2. The lowest BCUT2D eigenvalue weighted by molar-refractivity contribution is 0.581. The van der Waals surface area contributed by atoms with Crippen molar-refractivity contribution in [2.45, 2.75) is 11.4 Å². The van der Waals surface area contributed by atoms with Crippen LogP contribution in [0.2, 0.25) is 5.02 Å². The summed E-state index contributed by atoms with van der Waals surface area (Å²) in [5.74, 6) is 0. The maximum absolute atomic E-state index is 12.2. The van der Waals surface area contributed by atoms with Gasteiger partial charge in [0.2, 0.25) is 10.0 Å². The summed E-state index contributed by atoms with van der Waals surface area (Å²) >= 11 is 5.80. The second kappa shape index (κ2) is 6.14. The van der Waals surface area contributed by atoms with E-state index >= 15 is 0 Å². The van der Waals surface area contributed by atoms with Gasteiger partial charge in [0.1, 0.15) is 4.90 Å². The SMILES string of the molecule is N#Cc1cccc(CNS(=O)(=O)c2cc(Cl)ccc2N)c1. The van der Waals surface area contributed by atoms with Gasteiger partial charge in [-0.1, -0.05) is 23.7 Å². The van der Waals surface area contributed by atoms with Crippen molar-refractivity contribution in [2.75, 3.05) is 5.73 Å². The number of nitrogens with zero attached hydrogens (tertiary/aromatic N) is 1. The molecule has 0 atom stereocenters. The summed E-state index contributed by atoms with van der Waals surface area (Å²) in [4.78, 5) is -0.0635. The zero-order chi connectivity index (χ0) is 15.5. The highest BCUT2D eigenvalue weighted by atomic mass is 35.5. The van der Waals surface area contributed by atoms with Gasteiger partial charge in [0, 0.05) is 11.6 Å². The molecule has 0 fully saturated rings. The molecule has 108 valence electrons. The molecule has 0 amide bonds. The van der Waals surface area contributed by atoms with Gasteiger partial charge in [-0.2, -0.15) is 5.26 Å². The molecule has 2 aromatic rings. The highest BCUT2D eigenvalue weighted by molar-refractivity contribution is 7.89. The monoisotopic (exact) mass is 321 g/mol. The number of nitrogens with two attached hydrogens (primary N) is 1. The minimum Gasteiger partial charge on any atom is -0.398 e. The number of benzene rings is 2. The lowest BCUT2D eigenvalue weighted by Crippen LogP contribution is -2.24. The van der Waals surface area contributed by atoms with E-state index < -0.39 is 10.0 Å². The quantitative estimate of drug-likeness (QED) is 0.844. The smallest absolute Gasteiger partial charge is 0.242 e. The van der Waals surface area contributed by atoms with Gasteiger partial charge in [0.15, 0.2) is 0 Å². The number of hydrogen-bond donors (Lipinski definition) is 2. The van der Waals surface area contributed by atoms with Gasteiger partial charge in [0.25, 0.3) is 0 Å². The van der Waals surface area contributed by atoms with E-state index in [0.29, 0.717) is 11.1 Å². The summed E-state index contributed by atoms with van der Waals surface area (Å²) in [6, 6.07) is 12.9. The molecule has 0 aliphatic carbocycles. The molecule has 0 unspecified atom stereocenters. The van der Waals surface area contributed by atoms with Crippen molar-refractivity contribution < 1.29 is 8.42 Å². The number of anilines is 1. The Kier molecular flexibility index (Phi) is 4.48. The molecule has 0 spiro atoms. The van der Waals surface area contributed by atoms with Crippen LogP contribution in [0.15, 0.2) is 47.4 Å². The molecule has 3 N–H and O–H groups in total. The van der Waals surface area contributed by atoms with Gasteiger partial charge in [0.05, 0.1) is 17.3 Å². The Balaban J connectivity index is 2.22. The largest absolute Gasteiger partial charge is 0.398 e. The Labute approximate surface area is 128 Å². The zero-order valence-electron chi connectivity index (χ0n) is 10.9. The van der Waals surface area contributed by atoms with E-state index in [1.165, 1.54) is 18.2 Å². The Bertz CT molecular complexity index is 813. The summed E-state index contributed by atoms with van der Waals surface area (Å²) < 4.78 is 26.9. The van der Waals surface area contributed by atoms with E-state index in [-0.39, 0.29) is 22.2 Å². The van der Waals surface area contributed by atoms with Crippen molar-refractivity contribution in [1.82, 2.24) is 4.72 Å². The predicted octanol–water partition coefficient (Wildman–Crippen LogP) is 2.27. The average Bonchev–Trinajstić information content (AvgIpc) is 2.48. The van der Waals surface area contributed by atoms with Crippen LogP contribution in [-0.2, 0) is 16.6 Å². The minimum atomic E-state index is -3.77. The van der Waals surface area contributed by atoms with Crippen molar-refractivity contribution in [3.63, 3.8) is 0 Å². The van der Waals surface area contributed by atoms with Crippen LogP contribution in [0.1, 0.15) is 11.1 Å². The van der Waals surface area contributed by atoms with Crippen molar-refractivity contribution in [3.8, 4) is 6.07 Å². The van der Waals surface area contributed by atoms with Crippen LogP contribution in [0.4, 0.5) is 5.69 Å². The van der Waals surface area contributed by atoms with Gasteiger partial charge >= 0.3 is 0 Å². The summed E-state index contributed by atoms with van der Waals surface area (Å²) in [5.41, 5.74) is 6.94. The number of rotatable bonds is 4. The fourth-order valence-corrected chi connectivity index (χ4v) is 3.16. The standard InChI is InChI=1S/C14H12ClN3O2S/c15-12-4-5-13(17)14(7-12)21(19,20)18-9-11-3-1-2-10(6-11)8-16/h1-7,18H,9,17H2. The average molecular weight is 322 g/mol. The molecule has 7 heteroatoms. The summed E-state index contributed by atoms with van der Waals surface area (Å²) in [7, 11) is -3.77. The number of hydrogen-bond acceptors (Lipinski definition) is 4. The van der Waals surface area contributed by atoms with Gasteiger partial charge in [-0.25, -0.2) is 13.1 Å². The molecule has 2 aromatic carbocycles. The Morgan fingerprint density at radius 1 is 1.24 bits per heavy atom. The third-order valence-corrected chi connectivity index (χ3v) is 4.48. The maximum Gasteiger partial charge on any atom is 0.242 e. The number of nitrogen functional groups attached to an aromatic ring is 1. The zero-order valence-corrected chi connectivity index (χ0v) is 12.4. The Morgan fingerprint density at radius 2 is 2.00 bits per heavy atom. The van der Waals surface area contributed by atoms with Crippen molar-refractivity contribution in [1.29, 1.82) is 5.26 Å². The normalized spacial score (nSPS) is 11.0. The third-order valence-electron chi connectivity index (χ3n) is 2.79. The van der Waals surface area contributed by atoms with Crippen molar-refractivity contribution in [3.05, 3.63) is 58.6 Å². The molecular weight excluding hydrogens is 310 g/mol. The van der Waals surface area contributed by atoms with Crippen LogP contribution in [0.25, 0.3) is 0 Å². The molecule has 0 radical (unpaired) electrons. The molecule has 0 aromatic heterocycles. The molecule has 0 aliphatic heterocycles. The van der Waals surface area contributed by atoms with Crippen LogP contribution in [0, 0.1) is 11.3 Å². The van der Waals surface area contributed by atoms with Gasteiger partial charge < -0.3 is 5.73 Å². The van der Waals surface area contributed by atoms with Gasteiger partial charge in [-0.05, 0) is 35.9 Å². The van der Waals surface area contributed by atoms with E-state index in [1.54, 1.807) is 24.3 Å². The first-order valence-corrected chi connectivity index (χ1v) is 7.82. The minimum absolute atomic E-state index is 0.0593. The molecule has 0 saturated heterocycles. The van der Waals surface area contributed by atoms with Crippen LogP contribution >= 0.6 is 11.6 Å². The number of nitrogens with one attached hydrogen (secondary N) is 1. The first-order valence-electron chi connectivity index (χ1n) is 5.96. The molecule has 0 heterocycles. The second-order valence-electron chi connectivity index (χ2n) is 4.32. The lowest BCUT2D eigenvalue weighted by atomic mass is 10.1. The fourth-order valence-electron chi connectivity index (χ4n) is 1.75. The molecule has 2 rings (SSSR count). The first kappa shape index (κ1) is 15.3. The number of nitriles is 1. The highest BCUT2D eigenvalue weighted by Gasteiger charge is 2.17. The van der Waals surface area contributed by atoms with E-state index in [9.17, 15) is 8.42 Å².